The summed E-state index contributed by atoms with van der Waals surface area (Å²) in [6.07, 6.45) is 1.08. The van der Waals surface area contributed by atoms with Crippen LogP contribution in [-0.4, -0.2) is 6.54 Å². The van der Waals surface area contributed by atoms with Gasteiger partial charge in [-0.05, 0) is 69.5 Å². The van der Waals surface area contributed by atoms with Gasteiger partial charge in [0.2, 0.25) is 0 Å². The molecule has 1 unspecified atom stereocenters. The molecule has 0 amide bonds. The lowest BCUT2D eigenvalue weighted by Gasteiger charge is -2.20. The van der Waals surface area contributed by atoms with E-state index < -0.39 is 0 Å². The van der Waals surface area contributed by atoms with Gasteiger partial charge >= 0.3 is 0 Å². The first-order valence-electron chi connectivity index (χ1n) is 7.37. The van der Waals surface area contributed by atoms with Gasteiger partial charge in [-0.2, -0.15) is 0 Å². The number of aryl methyl sites for hydroxylation is 4. The minimum absolute atomic E-state index is 0.429. The first kappa shape index (κ1) is 15.3. The maximum absolute atomic E-state index is 3.64. The van der Waals surface area contributed by atoms with Crippen LogP contribution in [-0.2, 0) is 6.42 Å². The van der Waals surface area contributed by atoms with Gasteiger partial charge in [0.1, 0.15) is 0 Å². The second-order valence-electron chi connectivity index (χ2n) is 5.64. The Morgan fingerprint density at radius 1 is 1.05 bits per heavy atom. The van der Waals surface area contributed by atoms with Gasteiger partial charge in [-0.15, -0.1) is 11.3 Å². The fourth-order valence-electron chi connectivity index (χ4n) is 2.90. The van der Waals surface area contributed by atoms with Gasteiger partial charge in [0.15, 0.2) is 0 Å². The van der Waals surface area contributed by atoms with Crippen LogP contribution >= 0.6 is 11.3 Å². The molecule has 1 nitrogen and oxygen atoms in total. The fraction of sp³-hybridized carbons (Fsp3) is 0.444. The van der Waals surface area contributed by atoms with Crippen LogP contribution in [0.1, 0.15) is 45.0 Å². The third-order valence-electron chi connectivity index (χ3n) is 3.80. The van der Waals surface area contributed by atoms with Crippen LogP contribution in [0.25, 0.3) is 0 Å². The molecule has 108 valence electrons. The van der Waals surface area contributed by atoms with Gasteiger partial charge in [-0.1, -0.05) is 24.6 Å². The highest BCUT2D eigenvalue weighted by molar-refractivity contribution is 7.12. The number of hydrogen-bond acceptors (Lipinski definition) is 2. The van der Waals surface area contributed by atoms with Crippen LogP contribution in [0.3, 0.4) is 0 Å². The van der Waals surface area contributed by atoms with Crippen molar-refractivity contribution in [1.29, 1.82) is 0 Å². The SMILES string of the molecule is CCNC(Cc1c(C)cc(C)cc1C)c1ccc(C)s1. The molecular weight excluding hydrogens is 262 g/mol. The molecule has 0 saturated carbocycles. The van der Waals surface area contributed by atoms with E-state index in [1.807, 2.05) is 11.3 Å². The van der Waals surface area contributed by atoms with Crippen LogP contribution in [0.4, 0.5) is 0 Å². The summed E-state index contributed by atoms with van der Waals surface area (Å²) in [6.45, 7) is 12.0. The molecule has 1 heterocycles. The number of likely N-dealkylation sites (N-methyl/N-ethyl adjacent to an activating group) is 1. The Bertz CT molecular complexity index is 560. The van der Waals surface area contributed by atoms with Crippen molar-refractivity contribution < 1.29 is 0 Å². The van der Waals surface area contributed by atoms with E-state index in [-0.39, 0.29) is 0 Å². The molecule has 0 fully saturated rings. The first-order chi connectivity index (χ1) is 9.51. The van der Waals surface area contributed by atoms with E-state index in [0.717, 1.165) is 13.0 Å². The third-order valence-corrected chi connectivity index (χ3v) is 4.92. The highest BCUT2D eigenvalue weighted by Gasteiger charge is 2.15. The minimum atomic E-state index is 0.429. The van der Waals surface area contributed by atoms with Crippen LogP contribution in [0.2, 0.25) is 0 Å². The molecule has 0 aliphatic heterocycles. The van der Waals surface area contributed by atoms with Crippen molar-refractivity contribution in [2.24, 2.45) is 0 Å². The van der Waals surface area contributed by atoms with Crippen LogP contribution in [0.15, 0.2) is 24.3 Å². The second-order valence-corrected chi connectivity index (χ2v) is 6.96. The van der Waals surface area contributed by atoms with Crippen molar-refractivity contribution in [3.05, 3.63) is 56.3 Å². The standard InChI is InChI=1S/C18H25NS/c1-6-19-17(18-8-7-15(5)20-18)11-16-13(3)9-12(2)10-14(16)4/h7-10,17,19H,6,11H2,1-5H3. The summed E-state index contributed by atoms with van der Waals surface area (Å²) in [5, 5.41) is 3.64. The molecule has 0 aliphatic rings. The topological polar surface area (TPSA) is 12.0 Å². The fourth-order valence-corrected chi connectivity index (χ4v) is 3.85. The molecule has 1 N–H and O–H groups in total. The van der Waals surface area contributed by atoms with Gasteiger partial charge in [0, 0.05) is 15.8 Å². The van der Waals surface area contributed by atoms with Crippen LogP contribution in [0.5, 0.6) is 0 Å². The summed E-state index contributed by atoms with van der Waals surface area (Å²) in [5.41, 5.74) is 5.68. The molecule has 0 radical (unpaired) electrons. The van der Waals surface area contributed by atoms with Crippen molar-refractivity contribution in [2.75, 3.05) is 6.54 Å². The summed E-state index contributed by atoms with van der Waals surface area (Å²) in [6, 6.07) is 9.51. The predicted molar refractivity (Wildman–Crippen MR) is 89.8 cm³/mol. The van der Waals surface area contributed by atoms with E-state index in [1.54, 1.807) is 0 Å². The first-order valence-corrected chi connectivity index (χ1v) is 8.19. The van der Waals surface area contributed by atoms with Crippen molar-refractivity contribution in [3.8, 4) is 0 Å². The number of benzene rings is 1. The normalized spacial score (nSPS) is 12.7. The number of thiophene rings is 1. The second kappa shape index (κ2) is 6.55. The van der Waals surface area contributed by atoms with E-state index in [1.165, 1.54) is 32.0 Å². The van der Waals surface area contributed by atoms with Crippen molar-refractivity contribution >= 4 is 11.3 Å². The van der Waals surface area contributed by atoms with Gasteiger partial charge in [-0.25, -0.2) is 0 Å². The van der Waals surface area contributed by atoms with Gasteiger partial charge in [-0.3, -0.25) is 0 Å². The quantitative estimate of drug-likeness (QED) is 0.827. The number of rotatable bonds is 5. The van der Waals surface area contributed by atoms with Crippen LogP contribution in [0, 0.1) is 27.7 Å². The van der Waals surface area contributed by atoms with Gasteiger partial charge in [0.05, 0.1) is 0 Å². The maximum atomic E-state index is 3.64. The Morgan fingerprint density at radius 2 is 1.70 bits per heavy atom. The lowest BCUT2D eigenvalue weighted by Crippen LogP contribution is -2.22. The molecular formula is C18H25NS. The largest absolute Gasteiger partial charge is 0.309 e. The van der Waals surface area contributed by atoms with Gasteiger partial charge in [0.25, 0.3) is 0 Å². The van der Waals surface area contributed by atoms with Crippen molar-refractivity contribution in [3.63, 3.8) is 0 Å². The van der Waals surface area contributed by atoms with E-state index >= 15 is 0 Å². The number of hydrogen-bond donors (Lipinski definition) is 1. The minimum Gasteiger partial charge on any atom is -0.309 e. The predicted octanol–water partition coefficient (Wildman–Crippen LogP) is 4.88. The van der Waals surface area contributed by atoms with Crippen LogP contribution < -0.4 is 5.32 Å². The molecule has 0 bridgehead atoms. The molecule has 2 heteroatoms. The zero-order valence-corrected chi connectivity index (χ0v) is 14.0. The molecule has 0 saturated heterocycles. The Hall–Kier alpha value is -1.12. The summed E-state index contributed by atoms with van der Waals surface area (Å²) in [5.74, 6) is 0. The molecule has 1 atom stereocenters. The maximum Gasteiger partial charge on any atom is 0.0455 e. The monoisotopic (exact) mass is 287 g/mol. The van der Waals surface area contributed by atoms with E-state index in [0.29, 0.717) is 6.04 Å². The summed E-state index contributed by atoms with van der Waals surface area (Å²) in [4.78, 5) is 2.84. The van der Waals surface area contributed by atoms with Gasteiger partial charge < -0.3 is 5.32 Å². The molecule has 0 aliphatic carbocycles. The zero-order valence-electron chi connectivity index (χ0n) is 13.2. The molecule has 1 aromatic heterocycles. The lowest BCUT2D eigenvalue weighted by atomic mass is 9.94. The van der Waals surface area contributed by atoms with Crippen molar-refractivity contribution in [2.45, 2.75) is 47.1 Å². The van der Waals surface area contributed by atoms with E-state index in [4.69, 9.17) is 0 Å². The summed E-state index contributed by atoms with van der Waals surface area (Å²) >= 11 is 1.91. The molecule has 1 aromatic carbocycles. The lowest BCUT2D eigenvalue weighted by molar-refractivity contribution is 0.556. The summed E-state index contributed by atoms with van der Waals surface area (Å²) in [7, 11) is 0. The Kier molecular flexibility index (Phi) is 5.00. The number of nitrogens with one attached hydrogen (secondary N) is 1. The summed E-state index contributed by atoms with van der Waals surface area (Å²) < 4.78 is 0. The highest BCUT2D eigenvalue weighted by Crippen LogP contribution is 2.28. The molecule has 2 rings (SSSR count). The molecule has 20 heavy (non-hydrogen) atoms. The highest BCUT2D eigenvalue weighted by atomic mass is 32.1. The van der Waals surface area contributed by atoms with E-state index in [9.17, 15) is 0 Å². The Morgan fingerprint density at radius 3 is 2.20 bits per heavy atom. The average molecular weight is 287 g/mol. The average Bonchev–Trinajstić information content (AvgIpc) is 2.79. The van der Waals surface area contributed by atoms with E-state index in [2.05, 4.69) is 64.2 Å². The Balaban J connectivity index is 2.29. The third kappa shape index (κ3) is 3.50. The Labute approximate surface area is 127 Å². The van der Waals surface area contributed by atoms with Crippen molar-refractivity contribution in [1.82, 2.24) is 5.32 Å². The molecule has 0 spiro atoms. The smallest absolute Gasteiger partial charge is 0.0455 e. The zero-order chi connectivity index (χ0) is 14.7. The molecule has 2 aromatic rings.